The molecule has 0 saturated carbocycles. The first-order chi connectivity index (χ1) is 6.15. The summed E-state index contributed by atoms with van der Waals surface area (Å²) in [5.74, 6) is 1.65. The van der Waals surface area contributed by atoms with Gasteiger partial charge in [0.15, 0.2) is 0 Å². The van der Waals surface area contributed by atoms with Crippen LogP contribution in [-0.4, -0.2) is 23.3 Å². The summed E-state index contributed by atoms with van der Waals surface area (Å²) >= 11 is 0. The molecule has 1 rings (SSSR count). The Labute approximate surface area is 81.8 Å². The lowest BCUT2D eigenvalue weighted by Crippen LogP contribution is -2.34. The molecule has 13 heavy (non-hydrogen) atoms. The van der Waals surface area contributed by atoms with Crippen molar-refractivity contribution in [2.75, 3.05) is 6.54 Å². The molecule has 0 bridgehead atoms. The van der Waals surface area contributed by atoms with Crippen LogP contribution in [-0.2, 0) is 0 Å². The number of nitrogens with one attached hydrogen (secondary N) is 1. The molecule has 0 aromatic rings. The van der Waals surface area contributed by atoms with Gasteiger partial charge in [-0.1, -0.05) is 20.3 Å². The topological polar surface area (TPSA) is 27.1 Å². The van der Waals surface area contributed by atoms with Crippen LogP contribution in [0.4, 0.5) is 0 Å². The average Bonchev–Trinajstić information content (AvgIpc) is 2.51. The molecular formula is C11H22N2. The molecule has 0 amide bonds. The van der Waals surface area contributed by atoms with Gasteiger partial charge in [-0.15, -0.1) is 0 Å². The fourth-order valence-electron chi connectivity index (χ4n) is 2.06. The molecule has 1 N–H and O–H groups in total. The highest BCUT2D eigenvalue weighted by Gasteiger charge is 2.22. The van der Waals surface area contributed by atoms with Crippen LogP contribution in [0.1, 0.15) is 46.5 Å². The van der Waals surface area contributed by atoms with Gasteiger partial charge in [0, 0.05) is 19.0 Å². The van der Waals surface area contributed by atoms with Crippen LogP contribution in [0.25, 0.3) is 0 Å². The Bertz CT molecular complexity index is 177. The van der Waals surface area contributed by atoms with Gasteiger partial charge in [-0.3, -0.25) is 5.41 Å². The van der Waals surface area contributed by atoms with E-state index in [1.165, 1.54) is 19.3 Å². The lowest BCUT2D eigenvalue weighted by atomic mass is 9.99. The Kier molecular flexibility index (Phi) is 3.76. The molecule has 1 fully saturated rings. The molecule has 2 unspecified atom stereocenters. The number of nitrogens with zero attached hydrogens (tertiary/aromatic N) is 1. The lowest BCUT2D eigenvalue weighted by Gasteiger charge is -2.28. The van der Waals surface area contributed by atoms with Crippen molar-refractivity contribution < 1.29 is 0 Å². The Morgan fingerprint density at radius 3 is 2.62 bits per heavy atom. The minimum absolute atomic E-state index is 0.574. The number of amidine groups is 1. The molecule has 1 saturated heterocycles. The van der Waals surface area contributed by atoms with E-state index in [2.05, 4.69) is 25.7 Å². The number of hydrogen-bond acceptors (Lipinski definition) is 1. The normalized spacial score (nSPS) is 22.1. The van der Waals surface area contributed by atoms with E-state index in [9.17, 15) is 0 Å². The predicted octanol–water partition coefficient (Wildman–Crippen LogP) is 2.88. The molecule has 2 heteroatoms. The number of hydrogen-bond donors (Lipinski definition) is 1. The van der Waals surface area contributed by atoms with Crippen LogP contribution in [0, 0.1) is 11.3 Å². The van der Waals surface area contributed by atoms with Crippen molar-refractivity contribution in [2.24, 2.45) is 5.92 Å². The van der Waals surface area contributed by atoms with Gasteiger partial charge >= 0.3 is 0 Å². The van der Waals surface area contributed by atoms with E-state index in [-0.39, 0.29) is 0 Å². The molecule has 0 aromatic heterocycles. The van der Waals surface area contributed by atoms with Gasteiger partial charge in [-0.25, -0.2) is 0 Å². The van der Waals surface area contributed by atoms with E-state index in [1.807, 2.05) is 0 Å². The largest absolute Gasteiger partial charge is 0.358 e. The summed E-state index contributed by atoms with van der Waals surface area (Å²) in [4.78, 5) is 2.27. The van der Waals surface area contributed by atoms with Crippen molar-refractivity contribution in [2.45, 2.75) is 52.5 Å². The van der Waals surface area contributed by atoms with Crippen molar-refractivity contribution in [3.63, 3.8) is 0 Å². The second-order valence-electron chi connectivity index (χ2n) is 4.34. The maximum absolute atomic E-state index is 7.76. The van der Waals surface area contributed by atoms with Crippen LogP contribution < -0.4 is 0 Å². The first kappa shape index (κ1) is 10.6. The molecule has 2 atom stereocenters. The first-order valence-corrected chi connectivity index (χ1v) is 5.49. The molecule has 0 aromatic carbocycles. The molecule has 2 nitrogen and oxygen atoms in total. The third kappa shape index (κ3) is 2.71. The fourth-order valence-corrected chi connectivity index (χ4v) is 2.06. The zero-order chi connectivity index (χ0) is 9.84. The smallest absolute Gasteiger partial charge is 0.0960 e. The summed E-state index contributed by atoms with van der Waals surface area (Å²) < 4.78 is 0. The van der Waals surface area contributed by atoms with Gasteiger partial charge < -0.3 is 4.90 Å². The number of rotatable bonds is 4. The van der Waals surface area contributed by atoms with Crippen molar-refractivity contribution in [3.8, 4) is 0 Å². The second-order valence-corrected chi connectivity index (χ2v) is 4.34. The Hall–Kier alpha value is -0.530. The molecule has 1 aliphatic heterocycles. The first-order valence-electron chi connectivity index (χ1n) is 5.49. The van der Waals surface area contributed by atoms with E-state index < -0.39 is 0 Å². The van der Waals surface area contributed by atoms with Crippen LogP contribution in [0.15, 0.2) is 0 Å². The number of likely N-dealkylation sites (tertiary alicyclic amines) is 1. The Morgan fingerprint density at radius 2 is 2.15 bits per heavy atom. The zero-order valence-corrected chi connectivity index (χ0v) is 9.14. The third-order valence-corrected chi connectivity index (χ3v) is 3.13. The van der Waals surface area contributed by atoms with E-state index >= 15 is 0 Å². The molecular weight excluding hydrogens is 160 g/mol. The summed E-state index contributed by atoms with van der Waals surface area (Å²) in [6.07, 6.45) is 4.67. The minimum Gasteiger partial charge on any atom is -0.358 e. The summed E-state index contributed by atoms with van der Waals surface area (Å²) in [6.45, 7) is 7.91. The molecule has 0 radical (unpaired) electrons. The lowest BCUT2D eigenvalue weighted by molar-refractivity contribution is 0.295. The third-order valence-electron chi connectivity index (χ3n) is 3.13. The average molecular weight is 182 g/mol. The summed E-state index contributed by atoms with van der Waals surface area (Å²) in [6, 6.07) is 0.574. The van der Waals surface area contributed by atoms with Gasteiger partial charge in [0.25, 0.3) is 0 Å². The summed E-state index contributed by atoms with van der Waals surface area (Å²) in [7, 11) is 0. The maximum Gasteiger partial charge on any atom is 0.0960 e. The van der Waals surface area contributed by atoms with Crippen LogP contribution in [0.2, 0.25) is 0 Å². The van der Waals surface area contributed by atoms with Crippen molar-refractivity contribution in [1.82, 2.24) is 4.90 Å². The monoisotopic (exact) mass is 182 g/mol. The zero-order valence-electron chi connectivity index (χ0n) is 9.14. The predicted molar refractivity (Wildman–Crippen MR) is 57.2 cm³/mol. The quantitative estimate of drug-likeness (QED) is 0.711. The molecule has 76 valence electrons. The van der Waals surface area contributed by atoms with Crippen molar-refractivity contribution >= 4 is 5.84 Å². The van der Waals surface area contributed by atoms with E-state index in [0.29, 0.717) is 6.04 Å². The van der Waals surface area contributed by atoms with Crippen LogP contribution in [0.5, 0.6) is 0 Å². The van der Waals surface area contributed by atoms with E-state index in [0.717, 1.165) is 24.7 Å². The molecule has 0 aliphatic carbocycles. The molecule has 1 heterocycles. The van der Waals surface area contributed by atoms with Gasteiger partial charge in [0.05, 0.1) is 5.84 Å². The highest BCUT2D eigenvalue weighted by atomic mass is 15.2. The Morgan fingerprint density at radius 1 is 1.46 bits per heavy atom. The molecule has 1 aliphatic rings. The van der Waals surface area contributed by atoms with Gasteiger partial charge in [0.1, 0.15) is 0 Å². The fraction of sp³-hybridized carbons (Fsp3) is 0.909. The Balaban J connectivity index is 2.38. The van der Waals surface area contributed by atoms with Gasteiger partial charge in [-0.2, -0.15) is 0 Å². The maximum atomic E-state index is 7.76. The van der Waals surface area contributed by atoms with E-state index in [1.54, 1.807) is 0 Å². The highest BCUT2D eigenvalue weighted by molar-refractivity contribution is 5.81. The standard InChI is InChI=1S/C11H22N2/c1-4-9(2)8-10(3)13-7-5-6-11(13)12/h9-10,12H,4-8H2,1-3H3. The minimum atomic E-state index is 0.574. The van der Waals surface area contributed by atoms with Crippen LogP contribution in [0.3, 0.4) is 0 Å². The highest BCUT2D eigenvalue weighted by Crippen LogP contribution is 2.19. The summed E-state index contributed by atoms with van der Waals surface area (Å²) in [5.41, 5.74) is 0. The summed E-state index contributed by atoms with van der Waals surface area (Å²) in [5, 5.41) is 7.76. The van der Waals surface area contributed by atoms with Crippen LogP contribution >= 0.6 is 0 Å². The van der Waals surface area contributed by atoms with Crippen molar-refractivity contribution in [1.29, 1.82) is 5.41 Å². The SMILES string of the molecule is CCC(C)CC(C)N1CCCC1=N. The van der Waals surface area contributed by atoms with Crippen molar-refractivity contribution in [3.05, 3.63) is 0 Å². The van der Waals surface area contributed by atoms with Gasteiger partial charge in [-0.05, 0) is 25.7 Å². The molecule has 0 spiro atoms. The van der Waals surface area contributed by atoms with Gasteiger partial charge in [0.2, 0.25) is 0 Å². The van der Waals surface area contributed by atoms with E-state index in [4.69, 9.17) is 5.41 Å². The second kappa shape index (κ2) is 4.64.